The average Bonchev–Trinajstić information content (AvgIpc) is 2.29. The van der Waals surface area contributed by atoms with E-state index < -0.39 is 0 Å². The van der Waals surface area contributed by atoms with Gasteiger partial charge in [-0.15, -0.1) is 0 Å². The summed E-state index contributed by atoms with van der Waals surface area (Å²) < 4.78 is 0. The Hall–Kier alpha value is -1.04. The third-order valence-electron chi connectivity index (χ3n) is 2.90. The molecule has 1 aromatic carbocycles. The Morgan fingerprint density at radius 1 is 1.13 bits per heavy atom. The van der Waals surface area contributed by atoms with E-state index in [-0.39, 0.29) is 0 Å². The summed E-state index contributed by atoms with van der Waals surface area (Å²) in [5.41, 5.74) is 4.26. The van der Waals surface area contributed by atoms with Crippen LogP contribution in [0.25, 0.3) is 6.08 Å². The minimum Gasteiger partial charge on any atom is -0.0985 e. The molecule has 0 bridgehead atoms. The molecule has 0 N–H and O–H groups in total. The minimum absolute atomic E-state index is 1.13. The normalized spacial score (nSPS) is 10.3. The van der Waals surface area contributed by atoms with Gasteiger partial charge in [-0.3, -0.25) is 0 Å². The number of hydrogen-bond acceptors (Lipinski definition) is 0. The van der Waals surface area contributed by atoms with Crippen molar-refractivity contribution >= 4 is 6.08 Å². The van der Waals surface area contributed by atoms with Crippen LogP contribution in [0.1, 0.15) is 49.8 Å². The summed E-state index contributed by atoms with van der Waals surface area (Å²) in [5.74, 6) is 0. The van der Waals surface area contributed by atoms with Crippen LogP contribution in [-0.4, -0.2) is 0 Å². The van der Waals surface area contributed by atoms with Gasteiger partial charge in [-0.2, -0.15) is 0 Å². The maximum absolute atomic E-state index is 3.81. The summed E-state index contributed by atoms with van der Waals surface area (Å²) in [7, 11) is 0. The van der Waals surface area contributed by atoms with Crippen LogP contribution in [-0.2, 0) is 12.8 Å². The summed E-state index contributed by atoms with van der Waals surface area (Å²) in [6.07, 6.45) is 8.24. The van der Waals surface area contributed by atoms with Crippen LogP contribution in [0.3, 0.4) is 0 Å². The van der Waals surface area contributed by atoms with Gasteiger partial charge in [0.15, 0.2) is 0 Å². The number of rotatable bonds is 6. The molecule has 15 heavy (non-hydrogen) atoms. The zero-order valence-corrected chi connectivity index (χ0v) is 10.1. The van der Waals surface area contributed by atoms with Crippen molar-refractivity contribution in [3.63, 3.8) is 0 Å². The molecule has 1 rings (SSSR count). The smallest absolute Gasteiger partial charge is 0.0260 e. The first-order valence-electron chi connectivity index (χ1n) is 6.06. The van der Waals surface area contributed by atoms with Crippen molar-refractivity contribution < 1.29 is 0 Å². The number of hydrogen-bond donors (Lipinski definition) is 0. The Labute approximate surface area is 94.0 Å². The highest BCUT2D eigenvalue weighted by molar-refractivity contribution is 5.50. The monoisotopic (exact) mass is 202 g/mol. The standard InChI is InChI=1S/C15H22/c1-4-7-8-9-15-11-10-13(5-2)12-14(15)6-3/h5,10-12H,2,4,6-9H2,1,3H3. The van der Waals surface area contributed by atoms with Gasteiger partial charge in [-0.1, -0.05) is 57.5 Å². The van der Waals surface area contributed by atoms with E-state index >= 15 is 0 Å². The predicted molar refractivity (Wildman–Crippen MR) is 69.1 cm³/mol. The molecular weight excluding hydrogens is 180 g/mol. The van der Waals surface area contributed by atoms with Crippen molar-refractivity contribution in [2.75, 3.05) is 0 Å². The van der Waals surface area contributed by atoms with E-state index in [4.69, 9.17) is 0 Å². The van der Waals surface area contributed by atoms with E-state index in [0.717, 1.165) is 6.42 Å². The Kier molecular flexibility index (Phi) is 5.17. The van der Waals surface area contributed by atoms with Gasteiger partial charge in [0, 0.05) is 0 Å². The lowest BCUT2D eigenvalue weighted by molar-refractivity contribution is 0.713. The first-order valence-corrected chi connectivity index (χ1v) is 6.06. The zero-order valence-electron chi connectivity index (χ0n) is 10.1. The first-order chi connectivity index (χ1) is 7.31. The van der Waals surface area contributed by atoms with Crippen LogP contribution in [0.15, 0.2) is 24.8 Å². The maximum atomic E-state index is 3.81. The molecule has 0 heteroatoms. The molecule has 0 spiro atoms. The molecule has 0 amide bonds. The maximum Gasteiger partial charge on any atom is -0.0260 e. The Bertz CT molecular complexity index is 310. The molecule has 0 aromatic heterocycles. The molecule has 0 heterocycles. The van der Waals surface area contributed by atoms with Gasteiger partial charge in [0.25, 0.3) is 0 Å². The molecular formula is C15H22. The number of aryl methyl sites for hydroxylation is 2. The van der Waals surface area contributed by atoms with E-state index in [2.05, 4.69) is 38.6 Å². The van der Waals surface area contributed by atoms with Gasteiger partial charge in [0.2, 0.25) is 0 Å². The molecule has 0 aliphatic carbocycles. The van der Waals surface area contributed by atoms with Gasteiger partial charge in [-0.05, 0) is 36.0 Å². The van der Waals surface area contributed by atoms with Crippen molar-refractivity contribution in [1.82, 2.24) is 0 Å². The molecule has 0 nitrogen and oxygen atoms in total. The second kappa shape index (κ2) is 6.44. The van der Waals surface area contributed by atoms with Crippen LogP contribution in [0, 0.1) is 0 Å². The van der Waals surface area contributed by atoms with Crippen LogP contribution >= 0.6 is 0 Å². The lowest BCUT2D eigenvalue weighted by atomic mass is 9.97. The summed E-state index contributed by atoms with van der Waals surface area (Å²) in [6, 6.07) is 6.72. The van der Waals surface area contributed by atoms with Crippen molar-refractivity contribution in [2.24, 2.45) is 0 Å². The highest BCUT2D eigenvalue weighted by Gasteiger charge is 2.00. The predicted octanol–water partition coefficient (Wildman–Crippen LogP) is 4.62. The van der Waals surface area contributed by atoms with Crippen molar-refractivity contribution in [1.29, 1.82) is 0 Å². The number of unbranched alkanes of at least 4 members (excludes halogenated alkanes) is 2. The van der Waals surface area contributed by atoms with Gasteiger partial charge < -0.3 is 0 Å². The number of benzene rings is 1. The van der Waals surface area contributed by atoms with Crippen molar-refractivity contribution in [3.8, 4) is 0 Å². The molecule has 0 aliphatic rings. The van der Waals surface area contributed by atoms with Crippen LogP contribution in [0.5, 0.6) is 0 Å². The molecule has 0 saturated heterocycles. The van der Waals surface area contributed by atoms with E-state index in [0.29, 0.717) is 0 Å². The Morgan fingerprint density at radius 2 is 1.93 bits per heavy atom. The first kappa shape index (κ1) is 12.0. The fraction of sp³-hybridized carbons (Fsp3) is 0.467. The quantitative estimate of drug-likeness (QED) is 0.590. The Morgan fingerprint density at radius 3 is 2.53 bits per heavy atom. The highest BCUT2D eigenvalue weighted by atomic mass is 14.1. The highest BCUT2D eigenvalue weighted by Crippen LogP contribution is 2.16. The summed E-state index contributed by atoms with van der Waals surface area (Å²) in [5, 5.41) is 0. The van der Waals surface area contributed by atoms with Crippen LogP contribution in [0.2, 0.25) is 0 Å². The zero-order chi connectivity index (χ0) is 11.1. The lowest BCUT2D eigenvalue weighted by Crippen LogP contribution is -1.94. The van der Waals surface area contributed by atoms with E-state index in [1.165, 1.54) is 42.4 Å². The fourth-order valence-electron chi connectivity index (χ4n) is 1.91. The molecule has 0 radical (unpaired) electrons. The Balaban J connectivity index is 2.73. The topological polar surface area (TPSA) is 0 Å². The van der Waals surface area contributed by atoms with E-state index in [9.17, 15) is 0 Å². The van der Waals surface area contributed by atoms with Crippen LogP contribution in [0.4, 0.5) is 0 Å². The molecule has 82 valence electrons. The van der Waals surface area contributed by atoms with Crippen LogP contribution < -0.4 is 0 Å². The van der Waals surface area contributed by atoms with E-state index in [1.54, 1.807) is 0 Å². The molecule has 0 unspecified atom stereocenters. The van der Waals surface area contributed by atoms with E-state index in [1.807, 2.05) is 6.08 Å². The van der Waals surface area contributed by atoms with Gasteiger partial charge in [0.1, 0.15) is 0 Å². The third kappa shape index (κ3) is 3.54. The minimum atomic E-state index is 1.13. The summed E-state index contributed by atoms with van der Waals surface area (Å²) >= 11 is 0. The lowest BCUT2D eigenvalue weighted by Gasteiger charge is -2.08. The van der Waals surface area contributed by atoms with Gasteiger partial charge in [0.05, 0.1) is 0 Å². The van der Waals surface area contributed by atoms with Crippen molar-refractivity contribution in [2.45, 2.75) is 46.0 Å². The second-order valence-corrected chi connectivity index (χ2v) is 4.04. The second-order valence-electron chi connectivity index (χ2n) is 4.04. The van der Waals surface area contributed by atoms with Crippen molar-refractivity contribution in [3.05, 3.63) is 41.5 Å². The van der Waals surface area contributed by atoms with Gasteiger partial charge >= 0.3 is 0 Å². The fourth-order valence-corrected chi connectivity index (χ4v) is 1.91. The molecule has 0 aliphatic heterocycles. The van der Waals surface area contributed by atoms with Gasteiger partial charge in [-0.25, -0.2) is 0 Å². The largest absolute Gasteiger partial charge is 0.0985 e. The SMILES string of the molecule is C=Cc1ccc(CCCCC)c(CC)c1. The molecule has 0 saturated carbocycles. The molecule has 0 fully saturated rings. The molecule has 1 aromatic rings. The average molecular weight is 202 g/mol. The molecule has 0 atom stereocenters. The summed E-state index contributed by atoms with van der Waals surface area (Å²) in [6.45, 7) is 8.29. The third-order valence-corrected chi connectivity index (χ3v) is 2.90. The summed E-state index contributed by atoms with van der Waals surface area (Å²) in [4.78, 5) is 0.